The van der Waals surface area contributed by atoms with Crippen molar-refractivity contribution in [2.75, 3.05) is 19.5 Å². The Hall–Kier alpha value is -3.23. The highest BCUT2D eigenvalue weighted by atomic mass is 19.1. The lowest BCUT2D eigenvalue weighted by molar-refractivity contribution is -0.0146. The van der Waals surface area contributed by atoms with Gasteiger partial charge in [-0.2, -0.15) is 0 Å². The summed E-state index contributed by atoms with van der Waals surface area (Å²) in [6, 6.07) is 9.01. The molecule has 0 amide bonds. The monoisotopic (exact) mass is 510 g/mol. The highest BCUT2D eigenvalue weighted by Crippen LogP contribution is 2.42. The van der Waals surface area contributed by atoms with Gasteiger partial charge in [-0.3, -0.25) is 9.78 Å². The minimum absolute atomic E-state index is 0.0732. The number of halogens is 2. The molecular formula is C29H36F2N4O2. The van der Waals surface area contributed by atoms with Crippen LogP contribution in [0.4, 0.5) is 14.5 Å². The van der Waals surface area contributed by atoms with Crippen LogP contribution in [0.15, 0.2) is 48.8 Å². The van der Waals surface area contributed by atoms with Crippen LogP contribution in [-0.4, -0.2) is 42.6 Å². The molecule has 1 aromatic carbocycles. The average molecular weight is 511 g/mol. The zero-order valence-corrected chi connectivity index (χ0v) is 22.0. The highest BCUT2D eigenvalue weighted by molar-refractivity contribution is 5.74. The molecule has 3 aromatic rings. The molecule has 0 bridgehead atoms. The Morgan fingerprint density at radius 3 is 2.51 bits per heavy atom. The van der Waals surface area contributed by atoms with Crippen LogP contribution >= 0.6 is 0 Å². The summed E-state index contributed by atoms with van der Waals surface area (Å²) in [6.07, 6.45) is 6.54. The topological polar surface area (TPSA) is 90.1 Å². The number of nitrogens with zero attached hydrogens (tertiary/aromatic N) is 2. The van der Waals surface area contributed by atoms with Gasteiger partial charge in [0, 0.05) is 32.0 Å². The summed E-state index contributed by atoms with van der Waals surface area (Å²) in [5, 5.41) is 3.24. The fourth-order valence-electron chi connectivity index (χ4n) is 5.19. The van der Waals surface area contributed by atoms with Crippen LogP contribution in [0, 0.1) is 30.4 Å². The van der Waals surface area contributed by atoms with E-state index in [2.05, 4.69) is 35.2 Å². The van der Waals surface area contributed by atoms with Crippen molar-refractivity contribution in [3.63, 3.8) is 0 Å². The van der Waals surface area contributed by atoms with Crippen LogP contribution < -0.4 is 11.1 Å². The van der Waals surface area contributed by atoms with E-state index in [4.69, 9.17) is 10.5 Å². The third-order valence-electron chi connectivity index (χ3n) is 7.10. The van der Waals surface area contributed by atoms with Gasteiger partial charge in [0.1, 0.15) is 23.0 Å². The highest BCUT2D eigenvalue weighted by Gasteiger charge is 2.38. The Balaban J connectivity index is 0.000000208. The molecule has 198 valence electrons. The standard InChI is InChI=1S/C16H27N3O.C13H9F2NO/c1-10(2)13-7-11(8-14(17)16(13)20-4)12-5-6-19-9-15(12)18-3;1-8-3-2-4-10(14)12(8)13-11(15)6-5-9(7-17)16-13/h5-6,9-11,13-14,16,18H,7-8,17H2,1-4H3;2-7H,1H3/t11?,13-,14?,16?;/m1./s1. The molecular weight excluding hydrogens is 474 g/mol. The van der Waals surface area contributed by atoms with E-state index in [1.807, 2.05) is 19.4 Å². The van der Waals surface area contributed by atoms with Crippen LogP contribution in [-0.2, 0) is 4.74 Å². The molecule has 37 heavy (non-hydrogen) atoms. The maximum Gasteiger partial charge on any atom is 0.168 e. The van der Waals surface area contributed by atoms with Crippen molar-refractivity contribution in [3.8, 4) is 11.3 Å². The predicted octanol–water partition coefficient (Wildman–Crippen LogP) is 5.76. The van der Waals surface area contributed by atoms with Crippen LogP contribution in [0.1, 0.15) is 54.2 Å². The van der Waals surface area contributed by atoms with Crippen molar-refractivity contribution >= 4 is 12.0 Å². The number of ether oxygens (including phenoxy) is 1. The van der Waals surface area contributed by atoms with Gasteiger partial charge in [-0.1, -0.05) is 26.0 Å². The Morgan fingerprint density at radius 2 is 1.89 bits per heavy atom. The smallest absolute Gasteiger partial charge is 0.168 e. The molecule has 1 fully saturated rings. The van der Waals surface area contributed by atoms with Crippen molar-refractivity contribution in [1.29, 1.82) is 0 Å². The summed E-state index contributed by atoms with van der Waals surface area (Å²) in [4.78, 5) is 18.6. The molecule has 1 saturated carbocycles. The average Bonchev–Trinajstić information content (AvgIpc) is 2.89. The number of anilines is 1. The third kappa shape index (κ3) is 6.56. The van der Waals surface area contributed by atoms with Gasteiger partial charge in [-0.25, -0.2) is 13.8 Å². The second-order valence-electron chi connectivity index (χ2n) is 9.77. The second kappa shape index (κ2) is 12.8. The molecule has 0 aliphatic heterocycles. The lowest BCUT2D eigenvalue weighted by Gasteiger charge is -2.42. The van der Waals surface area contributed by atoms with Gasteiger partial charge in [0.15, 0.2) is 6.29 Å². The normalized spacial score (nSPS) is 21.2. The number of carbonyl (C=O) groups excluding carboxylic acids is 1. The number of nitrogens with two attached hydrogens (primary N) is 1. The minimum atomic E-state index is -0.649. The Labute approximate surface area is 217 Å². The predicted molar refractivity (Wildman–Crippen MR) is 143 cm³/mol. The summed E-state index contributed by atoms with van der Waals surface area (Å²) in [5.41, 5.74) is 9.42. The molecule has 0 saturated heterocycles. The first-order valence-electron chi connectivity index (χ1n) is 12.5. The van der Waals surface area contributed by atoms with E-state index < -0.39 is 11.6 Å². The number of methoxy groups -OCH3 is 1. The first kappa shape index (κ1) is 28.3. The number of hydrogen-bond donors (Lipinski definition) is 2. The molecule has 6 nitrogen and oxygen atoms in total. The quantitative estimate of drug-likeness (QED) is 0.410. The lowest BCUT2D eigenvalue weighted by Crippen LogP contribution is -2.48. The van der Waals surface area contributed by atoms with Crippen molar-refractivity contribution in [2.24, 2.45) is 17.6 Å². The molecule has 1 aliphatic rings. The van der Waals surface area contributed by atoms with Crippen molar-refractivity contribution in [2.45, 2.75) is 51.7 Å². The zero-order chi connectivity index (χ0) is 27.1. The number of hydrogen-bond acceptors (Lipinski definition) is 6. The van der Waals surface area contributed by atoms with E-state index in [1.54, 1.807) is 20.1 Å². The fourth-order valence-corrected chi connectivity index (χ4v) is 5.19. The summed E-state index contributed by atoms with van der Waals surface area (Å²) < 4.78 is 32.9. The molecule has 8 heteroatoms. The lowest BCUT2D eigenvalue weighted by atomic mass is 9.70. The number of aryl methyl sites for hydroxylation is 1. The summed E-state index contributed by atoms with van der Waals surface area (Å²) in [7, 11) is 3.73. The number of nitrogens with one attached hydrogen (secondary N) is 1. The van der Waals surface area contributed by atoms with Gasteiger partial charge >= 0.3 is 0 Å². The van der Waals surface area contributed by atoms with Crippen LogP contribution in [0.2, 0.25) is 0 Å². The molecule has 3 unspecified atom stereocenters. The van der Waals surface area contributed by atoms with Gasteiger partial charge in [0.25, 0.3) is 0 Å². The Kier molecular flexibility index (Phi) is 9.83. The van der Waals surface area contributed by atoms with Gasteiger partial charge in [-0.05, 0) is 72.9 Å². The van der Waals surface area contributed by atoms with Crippen LogP contribution in [0.5, 0.6) is 0 Å². The van der Waals surface area contributed by atoms with E-state index in [0.29, 0.717) is 29.6 Å². The molecule has 2 aromatic heterocycles. The Morgan fingerprint density at radius 1 is 1.14 bits per heavy atom. The van der Waals surface area contributed by atoms with Crippen molar-refractivity contribution in [3.05, 3.63) is 77.2 Å². The molecule has 0 radical (unpaired) electrons. The van der Waals surface area contributed by atoms with Gasteiger partial charge in [0.05, 0.1) is 18.0 Å². The molecule has 0 spiro atoms. The summed E-state index contributed by atoms with van der Waals surface area (Å²) in [6.45, 7) is 6.18. The van der Waals surface area contributed by atoms with Gasteiger partial charge in [-0.15, -0.1) is 0 Å². The van der Waals surface area contributed by atoms with Gasteiger partial charge in [0.2, 0.25) is 0 Å². The number of benzene rings is 1. The number of aldehydes is 1. The SMILES string of the molecule is CNc1cnccc1C1CC(N)C(OC)[C@@H](C(C)C)C1.Cc1cccc(F)c1-c1nc(C=O)ccc1F. The molecule has 1 aliphatic carbocycles. The number of pyridine rings is 2. The first-order chi connectivity index (χ1) is 17.7. The summed E-state index contributed by atoms with van der Waals surface area (Å²) in [5.74, 6) is 0.359. The molecule has 3 N–H and O–H groups in total. The largest absolute Gasteiger partial charge is 0.387 e. The van der Waals surface area contributed by atoms with Crippen molar-refractivity contribution in [1.82, 2.24) is 9.97 Å². The second-order valence-corrected chi connectivity index (χ2v) is 9.77. The van der Waals surface area contributed by atoms with Crippen LogP contribution in [0.25, 0.3) is 11.3 Å². The summed E-state index contributed by atoms with van der Waals surface area (Å²) >= 11 is 0. The van der Waals surface area contributed by atoms with E-state index in [-0.39, 0.29) is 29.1 Å². The molecule has 2 heterocycles. The molecule has 4 atom stereocenters. The maximum absolute atomic E-state index is 13.7. The van der Waals surface area contributed by atoms with E-state index >= 15 is 0 Å². The maximum atomic E-state index is 13.7. The first-order valence-corrected chi connectivity index (χ1v) is 12.5. The minimum Gasteiger partial charge on any atom is -0.387 e. The van der Waals surface area contributed by atoms with E-state index in [1.165, 1.54) is 23.8 Å². The fraction of sp³-hybridized carbons (Fsp3) is 0.414. The zero-order valence-electron chi connectivity index (χ0n) is 22.0. The Bertz CT molecular complexity index is 1180. The van der Waals surface area contributed by atoms with Crippen LogP contribution in [0.3, 0.4) is 0 Å². The number of carbonyl (C=O) groups is 1. The number of aromatic nitrogens is 2. The van der Waals surface area contributed by atoms with E-state index in [9.17, 15) is 13.6 Å². The molecule has 4 rings (SSSR count). The van der Waals surface area contributed by atoms with E-state index in [0.717, 1.165) is 24.6 Å². The van der Waals surface area contributed by atoms with Gasteiger partial charge < -0.3 is 15.8 Å². The van der Waals surface area contributed by atoms with Crippen molar-refractivity contribution < 1.29 is 18.3 Å². The number of rotatable bonds is 6. The third-order valence-corrected chi connectivity index (χ3v) is 7.10.